The van der Waals surface area contributed by atoms with Crippen LogP contribution >= 0.6 is 0 Å². The molecule has 0 aromatic carbocycles. The van der Waals surface area contributed by atoms with E-state index in [0.717, 1.165) is 18.5 Å². The molecule has 4 heterocycles. The normalized spacial score (nSPS) is 27.6. The van der Waals surface area contributed by atoms with Crippen LogP contribution < -0.4 is 4.90 Å². The summed E-state index contributed by atoms with van der Waals surface area (Å²) in [6, 6.07) is 9.65. The van der Waals surface area contributed by atoms with Gasteiger partial charge in [0.05, 0.1) is 11.7 Å². The molecule has 21 heavy (non-hydrogen) atoms. The van der Waals surface area contributed by atoms with Crippen molar-refractivity contribution in [3.8, 4) is 6.07 Å². The number of nitriles is 1. The summed E-state index contributed by atoms with van der Waals surface area (Å²) in [6.45, 7) is 0. The minimum absolute atomic E-state index is 0.482. The number of fused-ring (bicyclic) bond motifs is 2. The molecule has 0 spiro atoms. The molecule has 2 aliphatic rings. The third-order valence-electron chi connectivity index (χ3n) is 4.78. The van der Waals surface area contributed by atoms with Crippen LogP contribution in [0.2, 0.25) is 0 Å². The van der Waals surface area contributed by atoms with E-state index in [9.17, 15) is 5.26 Å². The van der Waals surface area contributed by atoms with Crippen molar-refractivity contribution in [2.24, 2.45) is 0 Å². The fourth-order valence-corrected chi connectivity index (χ4v) is 3.95. The van der Waals surface area contributed by atoms with Crippen molar-refractivity contribution in [1.29, 1.82) is 5.26 Å². The van der Waals surface area contributed by atoms with Crippen LogP contribution in [-0.2, 0) is 0 Å². The second-order valence-corrected chi connectivity index (χ2v) is 5.89. The lowest BCUT2D eigenvalue weighted by Crippen LogP contribution is -2.44. The third-order valence-corrected chi connectivity index (χ3v) is 4.78. The topological polar surface area (TPSA) is 57.7 Å². The first-order valence-corrected chi connectivity index (χ1v) is 7.49. The summed E-state index contributed by atoms with van der Waals surface area (Å²) in [5, 5.41) is 13.7. The molecule has 2 aromatic heterocycles. The zero-order valence-electron chi connectivity index (χ0n) is 11.8. The second-order valence-electron chi connectivity index (χ2n) is 5.89. The molecule has 5 heteroatoms. The molecule has 2 unspecified atom stereocenters. The van der Waals surface area contributed by atoms with Crippen molar-refractivity contribution in [2.45, 2.75) is 43.8 Å². The highest BCUT2D eigenvalue weighted by Crippen LogP contribution is 2.43. The fraction of sp³-hybridized carbons (Fsp3) is 0.438. The first-order valence-electron chi connectivity index (χ1n) is 7.49. The Kier molecular flexibility index (Phi) is 2.88. The van der Waals surface area contributed by atoms with Gasteiger partial charge < -0.3 is 4.90 Å². The molecule has 0 amide bonds. The van der Waals surface area contributed by atoms with Gasteiger partial charge in [-0.15, -0.1) is 0 Å². The van der Waals surface area contributed by atoms with Crippen LogP contribution in [0.15, 0.2) is 36.8 Å². The van der Waals surface area contributed by atoms with Crippen LogP contribution in [0.4, 0.5) is 5.69 Å². The summed E-state index contributed by atoms with van der Waals surface area (Å²) in [5.41, 5.74) is 1.55. The average Bonchev–Trinajstić information content (AvgIpc) is 3.14. The molecule has 5 nitrogen and oxygen atoms in total. The average molecular weight is 279 g/mol. The number of aromatic nitrogens is 3. The fourth-order valence-electron chi connectivity index (χ4n) is 3.95. The van der Waals surface area contributed by atoms with Gasteiger partial charge in [0.2, 0.25) is 0 Å². The van der Waals surface area contributed by atoms with Crippen molar-refractivity contribution in [2.75, 3.05) is 4.90 Å². The summed E-state index contributed by atoms with van der Waals surface area (Å²) < 4.78 is 2.09. The molecule has 2 saturated heterocycles. The third kappa shape index (κ3) is 1.99. The number of nitrogens with zero attached hydrogens (tertiary/aromatic N) is 5. The van der Waals surface area contributed by atoms with Crippen LogP contribution in [0, 0.1) is 11.3 Å². The Bertz CT molecular complexity index is 658. The maximum Gasteiger partial charge on any atom is 0.163 e. The lowest BCUT2D eigenvalue weighted by molar-refractivity contribution is 0.314. The minimum Gasteiger partial charge on any atom is -0.363 e. The van der Waals surface area contributed by atoms with Gasteiger partial charge in [-0.05, 0) is 43.9 Å². The van der Waals surface area contributed by atoms with E-state index in [1.807, 2.05) is 24.4 Å². The Labute approximate surface area is 123 Å². The molecule has 2 bridgehead atoms. The summed E-state index contributed by atoms with van der Waals surface area (Å²) in [5.74, 6) is 0. The number of pyridine rings is 1. The molecular weight excluding hydrogens is 262 g/mol. The Morgan fingerprint density at radius 3 is 2.57 bits per heavy atom. The zero-order chi connectivity index (χ0) is 14.2. The molecule has 4 rings (SSSR count). The Morgan fingerprint density at radius 2 is 1.90 bits per heavy atom. The van der Waals surface area contributed by atoms with Gasteiger partial charge in [-0.3, -0.25) is 4.68 Å². The predicted molar refractivity (Wildman–Crippen MR) is 78.7 cm³/mol. The molecule has 0 N–H and O–H groups in total. The SMILES string of the molecule is N#Cc1ncccc1N1C2CCC1CC(n1cccn1)C2. The van der Waals surface area contributed by atoms with E-state index in [-0.39, 0.29) is 0 Å². The van der Waals surface area contributed by atoms with Gasteiger partial charge in [0, 0.05) is 30.7 Å². The number of hydrogen-bond acceptors (Lipinski definition) is 4. The molecule has 2 aromatic rings. The van der Waals surface area contributed by atoms with Gasteiger partial charge in [0.25, 0.3) is 0 Å². The van der Waals surface area contributed by atoms with Crippen LogP contribution in [0.1, 0.15) is 37.4 Å². The lowest BCUT2D eigenvalue weighted by Gasteiger charge is -2.40. The number of hydrogen-bond donors (Lipinski definition) is 0. The standard InChI is InChI=1S/C16H17N5/c17-11-15-16(3-1-6-18-15)21-12-4-5-13(21)10-14(9-12)20-8-2-7-19-20/h1-3,6-8,12-14H,4-5,9-10H2. The largest absolute Gasteiger partial charge is 0.363 e. The van der Waals surface area contributed by atoms with Gasteiger partial charge in [-0.1, -0.05) is 0 Å². The quantitative estimate of drug-likeness (QED) is 0.847. The number of piperidine rings is 1. The second kappa shape index (κ2) is 4.88. The van der Waals surface area contributed by atoms with Crippen molar-refractivity contribution < 1.29 is 0 Å². The Balaban J connectivity index is 1.64. The summed E-state index contributed by atoms with van der Waals surface area (Å²) in [7, 11) is 0. The van der Waals surface area contributed by atoms with Crippen molar-refractivity contribution in [3.63, 3.8) is 0 Å². The van der Waals surface area contributed by atoms with E-state index in [1.165, 1.54) is 12.8 Å². The molecule has 2 fully saturated rings. The van der Waals surface area contributed by atoms with Gasteiger partial charge in [0.15, 0.2) is 5.69 Å². The molecular formula is C16H17N5. The van der Waals surface area contributed by atoms with E-state index in [4.69, 9.17) is 0 Å². The highest BCUT2D eigenvalue weighted by Gasteiger charge is 2.42. The molecule has 0 radical (unpaired) electrons. The highest BCUT2D eigenvalue weighted by molar-refractivity contribution is 5.58. The smallest absolute Gasteiger partial charge is 0.163 e. The van der Waals surface area contributed by atoms with Crippen LogP contribution in [0.3, 0.4) is 0 Å². The molecule has 106 valence electrons. The number of rotatable bonds is 2. The first-order chi connectivity index (χ1) is 10.4. The minimum atomic E-state index is 0.482. The maximum absolute atomic E-state index is 9.29. The van der Waals surface area contributed by atoms with Crippen LogP contribution in [0.5, 0.6) is 0 Å². The van der Waals surface area contributed by atoms with Crippen LogP contribution in [0.25, 0.3) is 0 Å². The first kappa shape index (κ1) is 12.4. The number of anilines is 1. The molecule has 0 saturated carbocycles. The predicted octanol–water partition coefficient (Wildman–Crippen LogP) is 2.52. The Hall–Kier alpha value is -2.35. The van der Waals surface area contributed by atoms with Gasteiger partial charge in [-0.25, -0.2) is 4.98 Å². The molecule has 2 atom stereocenters. The monoisotopic (exact) mass is 279 g/mol. The summed E-state index contributed by atoms with van der Waals surface area (Å²) in [4.78, 5) is 6.65. The van der Waals surface area contributed by atoms with E-state index < -0.39 is 0 Å². The van der Waals surface area contributed by atoms with Gasteiger partial charge >= 0.3 is 0 Å². The Morgan fingerprint density at radius 1 is 1.10 bits per heavy atom. The summed E-state index contributed by atoms with van der Waals surface area (Å²) in [6.07, 6.45) is 10.2. The van der Waals surface area contributed by atoms with Crippen molar-refractivity contribution in [3.05, 3.63) is 42.5 Å². The lowest BCUT2D eigenvalue weighted by atomic mass is 9.96. The summed E-state index contributed by atoms with van der Waals surface area (Å²) >= 11 is 0. The van der Waals surface area contributed by atoms with E-state index >= 15 is 0 Å². The van der Waals surface area contributed by atoms with Crippen molar-refractivity contribution in [1.82, 2.24) is 14.8 Å². The van der Waals surface area contributed by atoms with E-state index in [2.05, 4.69) is 31.9 Å². The highest BCUT2D eigenvalue weighted by atomic mass is 15.3. The van der Waals surface area contributed by atoms with Crippen molar-refractivity contribution >= 4 is 5.69 Å². The van der Waals surface area contributed by atoms with E-state index in [1.54, 1.807) is 6.20 Å². The van der Waals surface area contributed by atoms with E-state index in [0.29, 0.717) is 23.8 Å². The molecule has 2 aliphatic heterocycles. The van der Waals surface area contributed by atoms with Gasteiger partial charge in [0.1, 0.15) is 6.07 Å². The zero-order valence-corrected chi connectivity index (χ0v) is 11.8. The van der Waals surface area contributed by atoms with Gasteiger partial charge in [-0.2, -0.15) is 10.4 Å². The maximum atomic E-state index is 9.29. The van der Waals surface area contributed by atoms with Crippen LogP contribution in [-0.4, -0.2) is 26.8 Å². The molecule has 0 aliphatic carbocycles.